The molecule has 0 saturated heterocycles. The summed E-state index contributed by atoms with van der Waals surface area (Å²) in [4.78, 5) is 0. The molecule has 1 heterocycles. The van der Waals surface area contributed by atoms with Gasteiger partial charge in [0, 0.05) is 18.0 Å². The van der Waals surface area contributed by atoms with Gasteiger partial charge in [-0.25, -0.2) is 0 Å². The summed E-state index contributed by atoms with van der Waals surface area (Å²) in [5, 5.41) is 9.40. The minimum absolute atomic E-state index is 0.320. The zero-order chi connectivity index (χ0) is 19.5. The Hall–Kier alpha value is -3.20. The minimum Gasteiger partial charge on any atom is -0.310 e. The molecule has 29 heavy (non-hydrogen) atoms. The van der Waals surface area contributed by atoms with Crippen LogP contribution in [0.5, 0.6) is 0 Å². The summed E-state index contributed by atoms with van der Waals surface area (Å²) in [5.74, 6) is 2.40. The van der Waals surface area contributed by atoms with Crippen molar-refractivity contribution < 1.29 is 0 Å². The fourth-order valence-corrected chi connectivity index (χ4v) is 4.50. The van der Waals surface area contributed by atoms with Crippen molar-refractivity contribution in [3.05, 3.63) is 107 Å². The van der Waals surface area contributed by atoms with Crippen molar-refractivity contribution in [2.24, 2.45) is 0 Å². The van der Waals surface area contributed by atoms with Gasteiger partial charge in [-0.05, 0) is 42.4 Å². The zero-order valence-electron chi connectivity index (χ0n) is 16.5. The largest absolute Gasteiger partial charge is 0.310 e. The predicted molar refractivity (Wildman–Crippen MR) is 117 cm³/mol. The molecule has 0 saturated carbocycles. The first-order valence-electron chi connectivity index (χ1n) is 10.5. The highest BCUT2D eigenvalue weighted by molar-refractivity contribution is 5.55. The second kappa shape index (κ2) is 8.04. The Balaban J connectivity index is 1.56. The van der Waals surface area contributed by atoms with Crippen LogP contribution >= 0.6 is 0 Å². The Bertz CT molecular complexity index is 1080. The average molecular weight is 380 g/mol. The molecule has 3 nitrogen and oxygen atoms in total. The third kappa shape index (κ3) is 3.61. The van der Waals surface area contributed by atoms with E-state index in [0.29, 0.717) is 5.92 Å². The number of hydrogen-bond acceptors (Lipinski definition) is 2. The van der Waals surface area contributed by atoms with Crippen LogP contribution in [0.1, 0.15) is 41.3 Å². The lowest BCUT2D eigenvalue weighted by molar-refractivity contribution is 0.550. The monoisotopic (exact) mass is 379 g/mol. The van der Waals surface area contributed by atoms with Crippen LogP contribution in [0.3, 0.4) is 0 Å². The molecular weight excluding hydrogens is 354 g/mol. The molecule has 0 bridgehead atoms. The summed E-state index contributed by atoms with van der Waals surface area (Å²) in [6, 6.07) is 30.0. The third-order valence-corrected chi connectivity index (χ3v) is 5.96. The van der Waals surface area contributed by atoms with Crippen LogP contribution < -0.4 is 0 Å². The van der Waals surface area contributed by atoms with Crippen LogP contribution in [0.2, 0.25) is 0 Å². The smallest absolute Gasteiger partial charge is 0.163 e. The maximum Gasteiger partial charge on any atom is 0.163 e. The fourth-order valence-electron chi connectivity index (χ4n) is 4.50. The Morgan fingerprint density at radius 2 is 1.52 bits per heavy atom. The minimum atomic E-state index is 0.320. The first kappa shape index (κ1) is 17.9. The summed E-state index contributed by atoms with van der Waals surface area (Å²) in [5.41, 5.74) is 5.35. The number of aromatic nitrogens is 3. The molecule has 1 aliphatic carbocycles. The SMILES string of the molecule is c1ccc(CCn2c(-c3ccccc3)nnc2C2CCCc3ccccc32)cc1. The third-order valence-electron chi connectivity index (χ3n) is 5.96. The molecule has 0 fully saturated rings. The van der Waals surface area contributed by atoms with Gasteiger partial charge in [-0.1, -0.05) is 84.9 Å². The van der Waals surface area contributed by atoms with Gasteiger partial charge in [0.1, 0.15) is 5.82 Å². The van der Waals surface area contributed by atoms with E-state index < -0.39 is 0 Å². The van der Waals surface area contributed by atoms with E-state index in [2.05, 4.69) is 88.5 Å². The van der Waals surface area contributed by atoms with Gasteiger partial charge >= 0.3 is 0 Å². The average Bonchev–Trinajstić information content (AvgIpc) is 3.22. The van der Waals surface area contributed by atoms with Crippen molar-refractivity contribution in [3.63, 3.8) is 0 Å². The van der Waals surface area contributed by atoms with Crippen LogP contribution in [0, 0.1) is 0 Å². The van der Waals surface area contributed by atoms with Crippen molar-refractivity contribution in [2.75, 3.05) is 0 Å². The lowest BCUT2D eigenvalue weighted by Crippen LogP contribution is -2.17. The number of benzene rings is 3. The van der Waals surface area contributed by atoms with Crippen molar-refractivity contribution >= 4 is 0 Å². The molecule has 0 radical (unpaired) electrons. The molecule has 0 spiro atoms. The van der Waals surface area contributed by atoms with Gasteiger partial charge in [-0.15, -0.1) is 10.2 Å². The van der Waals surface area contributed by atoms with Gasteiger partial charge in [-0.2, -0.15) is 0 Å². The van der Waals surface area contributed by atoms with Gasteiger partial charge in [0.2, 0.25) is 0 Å². The standard InChI is InChI=1S/C26H25N3/c1-3-10-20(11-4-1)18-19-29-25(22-13-5-2-6-14-22)27-28-26(29)24-17-9-15-21-12-7-8-16-23(21)24/h1-8,10-14,16,24H,9,15,17-19H2. The fraction of sp³-hybridized carbons (Fsp3) is 0.231. The quantitative estimate of drug-likeness (QED) is 0.448. The molecule has 4 aromatic rings. The second-order valence-corrected chi connectivity index (χ2v) is 7.78. The Labute approximate surface area is 172 Å². The van der Waals surface area contributed by atoms with Crippen LogP contribution in [0.15, 0.2) is 84.9 Å². The van der Waals surface area contributed by atoms with E-state index in [4.69, 9.17) is 5.10 Å². The highest BCUT2D eigenvalue weighted by Gasteiger charge is 2.27. The Morgan fingerprint density at radius 3 is 2.34 bits per heavy atom. The first-order valence-corrected chi connectivity index (χ1v) is 10.5. The van der Waals surface area contributed by atoms with E-state index in [9.17, 15) is 0 Å². The molecule has 5 rings (SSSR count). The van der Waals surface area contributed by atoms with Gasteiger partial charge in [-0.3, -0.25) is 0 Å². The summed E-state index contributed by atoms with van der Waals surface area (Å²) in [6.07, 6.45) is 4.47. The number of hydrogen-bond donors (Lipinski definition) is 0. The van der Waals surface area contributed by atoms with Gasteiger partial charge in [0.05, 0.1) is 0 Å². The van der Waals surface area contributed by atoms with Crippen molar-refractivity contribution in [1.82, 2.24) is 14.8 Å². The number of rotatable bonds is 5. The second-order valence-electron chi connectivity index (χ2n) is 7.78. The van der Waals surface area contributed by atoms with E-state index >= 15 is 0 Å². The maximum atomic E-state index is 4.74. The molecular formula is C26H25N3. The molecule has 1 atom stereocenters. The van der Waals surface area contributed by atoms with E-state index in [0.717, 1.165) is 43.0 Å². The number of nitrogens with zero attached hydrogens (tertiary/aromatic N) is 3. The predicted octanol–water partition coefficient (Wildman–Crippen LogP) is 5.66. The van der Waals surface area contributed by atoms with Crippen molar-refractivity contribution in [3.8, 4) is 11.4 Å². The lowest BCUT2D eigenvalue weighted by atomic mass is 9.82. The molecule has 3 heteroatoms. The molecule has 0 aliphatic heterocycles. The summed E-state index contributed by atoms with van der Waals surface area (Å²) in [7, 11) is 0. The molecule has 144 valence electrons. The highest BCUT2D eigenvalue weighted by atomic mass is 15.3. The van der Waals surface area contributed by atoms with Crippen molar-refractivity contribution in [1.29, 1.82) is 0 Å². The van der Waals surface area contributed by atoms with Crippen molar-refractivity contribution in [2.45, 2.75) is 38.1 Å². The van der Waals surface area contributed by atoms with Crippen LogP contribution in [0.4, 0.5) is 0 Å². The summed E-state index contributed by atoms with van der Waals surface area (Å²) < 4.78 is 2.36. The van der Waals surface area contributed by atoms with E-state index in [1.54, 1.807) is 0 Å². The molecule has 1 aromatic heterocycles. The maximum absolute atomic E-state index is 4.74. The normalized spacial score (nSPS) is 15.8. The van der Waals surface area contributed by atoms with E-state index in [1.807, 2.05) is 6.07 Å². The summed E-state index contributed by atoms with van der Waals surface area (Å²) in [6.45, 7) is 0.884. The van der Waals surface area contributed by atoms with Gasteiger partial charge in [0.25, 0.3) is 0 Å². The first-order chi connectivity index (χ1) is 14.4. The lowest BCUT2D eigenvalue weighted by Gasteiger charge is -2.25. The Morgan fingerprint density at radius 1 is 0.793 bits per heavy atom. The zero-order valence-corrected chi connectivity index (χ0v) is 16.5. The van der Waals surface area contributed by atoms with Gasteiger partial charge in [0.15, 0.2) is 5.82 Å². The van der Waals surface area contributed by atoms with Gasteiger partial charge < -0.3 is 4.57 Å². The molecule has 3 aromatic carbocycles. The summed E-state index contributed by atoms with van der Waals surface area (Å²) >= 11 is 0. The topological polar surface area (TPSA) is 30.7 Å². The van der Waals surface area contributed by atoms with E-state index in [1.165, 1.54) is 23.1 Å². The number of fused-ring (bicyclic) bond motifs is 1. The Kier molecular flexibility index (Phi) is 4.95. The molecule has 0 N–H and O–H groups in total. The molecule has 1 unspecified atom stereocenters. The molecule has 0 amide bonds. The van der Waals surface area contributed by atoms with Crippen LogP contribution in [-0.2, 0) is 19.4 Å². The highest BCUT2D eigenvalue weighted by Crippen LogP contribution is 2.37. The van der Waals surface area contributed by atoms with Crippen LogP contribution in [-0.4, -0.2) is 14.8 Å². The van der Waals surface area contributed by atoms with E-state index in [-0.39, 0.29) is 0 Å². The van der Waals surface area contributed by atoms with Crippen LogP contribution in [0.25, 0.3) is 11.4 Å². The number of aryl methyl sites for hydroxylation is 2. The molecule has 1 aliphatic rings.